The third-order valence-corrected chi connectivity index (χ3v) is 4.04. The van der Waals surface area contributed by atoms with Crippen LogP contribution in [0.5, 0.6) is 0 Å². The van der Waals surface area contributed by atoms with Crippen LogP contribution in [0.1, 0.15) is 23.7 Å². The van der Waals surface area contributed by atoms with E-state index in [1.807, 2.05) is 6.07 Å². The van der Waals surface area contributed by atoms with Gasteiger partial charge in [-0.2, -0.15) is 0 Å². The minimum Gasteiger partial charge on any atom is -0.300 e. The first kappa shape index (κ1) is 11.3. The molecule has 1 atom stereocenters. The predicted molar refractivity (Wildman–Crippen MR) is 70.4 cm³/mol. The second-order valence-electron chi connectivity index (χ2n) is 5.22. The smallest absolute Gasteiger partial charge is 0.268 e. The molecule has 94 valence electrons. The molecule has 4 heteroatoms. The topological polar surface area (TPSA) is 51.9 Å². The summed E-state index contributed by atoms with van der Waals surface area (Å²) in [5.41, 5.74) is 3.04. The molecule has 2 N–H and O–H groups in total. The van der Waals surface area contributed by atoms with E-state index in [2.05, 4.69) is 53.3 Å². The third-order valence-electron chi connectivity index (χ3n) is 4.04. The van der Waals surface area contributed by atoms with Crippen molar-refractivity contribution in [2.24, 2.45) is 0 Å². The number of hydrogen-bond acceptors (Lipinski definition) is 2. The highest BCUT2D eigenvalue weighted by Gasteiger charge is 2.41. The summed E-state index contributed by atoms with van der Waals surface area (Å²) in [4.78, 5) is 13.9. The second kappa shape index (κ2) is 3.85. The first-order valence-electron chi connectivity index (χ1n) is 6.16. The van der Waals surface area contributed by atoms with Crippen molar-refractivity contribution in [2.75, 3.05) is 7.05 Å². The van der Waals surface area contributed by atoms with Gasteiger partial charge in [-0.25, -0.2) is 0 Å². The van der Waals surface area contributed by atoms with E-state index in [-0.39, 0.29) is 11.1 Å². The SMILES string of the molecule is CN1Cc2c([nH][nH]c2=O)C1(C)Cc1ccccc1. The fourth-order valence-electron chi connectivity index (χ4n) is 2.81. The highest BCUT2D eigenvalue weighted by atomic mass is 16.1. The molecule has 0 fully saturated rings. The van der Waals surface area contributed by atoms with Crippen LogP contribution in [-0.2, 0) is 18.5 Å². The summed E-state index contributed by atoms with van der Waals surface area (Å²) in [5, 5.41) is 5.74. The van der Waals surface area contributed by atoms with Crippen molar-refractivity contribution < 1.29 is 0 Å². The van der Waals surface area contributed by atoms with Gasteiger partial charge in [0.25, 0.3) is 5.56 Å². The van der Waals surface area contributed by atoms with Gasteiger partial charge in [-0.3, -0.25) is 14.8 Å². The molecular weight excluding hydrogens is 226 g/mol. The fraction of sp³-hybridized carbons (Fsp3) is 0.357. The Kier molecular flexibility index (Phi) is 2.41. The van der Waals surface area contributed by atoms with E-state index in [0.29, 0.717) is 6.54 Å². The average molecular weight is 243 g/mol. The number of nitrogens with zero attached hydrogens (tertiary/aromatic N) is 1. The number of nitrogens with one attached hydrogen (secondary N) is 2. The minimum atomic E-state index is -0.143. The van der Waals surface area contributed by atoms with E-state index in [4.69, 9.17) is 0 Å². The third kappa shape index (κ3) is 1.53. The van der Waals surface area contributed by atoms with Crippen molar-refractivity contribution in [1.82, 2.24) is 15.1 Å². The molecule has 0 saturated carbocycles. The Morgan fingerprint density at radius 1 is 1.28 bits per heavy atom. The van der Waals surface area contributed by atoms with Crippen LogP contribution in [0.15, 0.2) is 35.1 Å². The molecule has 1 aromatic heterocycles. The van der Waals surface area contributed by atoms with Crippen LogP contribution in [-0.4, -0.2) is 22.1 Å². The van der Waals surface area contributed by atoms with Gasteiger partial charge in [-0.15, -0.1) is 0 Å². The van der Waals surface area contributed by atoms with Crippen LogP contribution in [0.3, 0.4) is 0 Å². The molecule has 0 bridgehead atoms. The normalized spacial score (nSPS) is 23.2. The summed E-state index contributed by atoms with van der Waals surface area (Å²) in [7, 11) is 2.07. The monoisotopic (exact) mass is 243 g/mol. The molecule has 2 heterocycles. The standard InChI is InChI=1S/C14H17N3O/c1-14(8-10-6-4-3-5-7-10)12-11(9-17(14)2)13(18)16-15-12/h3-7H,8-9H2,1-2H3,(H2,15,16,18). The zero-order chi connectivity index (χ0) is 12.8. The maximum atomic E-state index is 11.7. The Morgan fingerprint density at radius 2 is 2.00 bits per heavy atom. The van der Waals surface area contributed by atoms with E-state index in [9.17, 15) is 4.79 Å². The lowest BCUT2D eigenvalue weighted by Gasteiger charge is -2.32. The van der Waals surface area contributed by atoms with Crippen molar-refractivity contribution in [3.05, 3.63) is 57.5 Å². The lowest BCUT2D eigenvalue weighted by Crippen LogP contribution is -2.38. The highest BCUT2D eigenvalue weighted by molar-refractivity contribution is 5.32. The van der Waals surface area contributed by atoms with Gasteiger partial charge in [-0.1, -0.05) is 30.3 Å². The number of aromatic amines is 2. The molecular formula is C14H17N3O. The average Bonchev–Trinajstić information content (AvgIpc) is 2.83. The Balaban J connectivity index is 2.02. The van der Waals surface area contributed by atoms with Gasteiger partial charge in [0.05, 0.1) is 16.8 Å². The minimum absolute atomic E-state index is 0.00800. The van der Waals surface area contributed by atoms with Crippen molar-refractivity contribution in [3.8, 4) is 0 Å². The van der Waals surface area contributed by atoms with Crippen molar-refractivity contribution in [3.63, 3.8) is 0 Å². The lowest BCUT2D eigenvalue weighted by atomic mass is 9.90. The Morgan fingerprint density at radius 3 is 2.72 bits per heavy atom. The van der Waals surface area contributed by atoms with Gasteiger partial charge in [0, 0.05) is 6.54 Å². The van der Waals surface area contributed by atoms with Gasteiger partial charge in [-0.05, 0) is 26.0 Å². The van der Waals surface area contributed by atoms with E-state index >= 15 is 0 Å². The maximum absolute atomic E-state index is 11.7. The molecule has 0 amide bonds. The number of benzene rings is 1. The van der Waals surface area contributed by atoms with Gasteiger partial charge >= 0.3 is 0 Å². The number of H-pyrrole nitrogens is 2. The van der Waals surface area contributed by atoms with Crippen LogP contribution in [0.4, 0.5) is 0 Å². The van der Waals surface area contributed by atoms with Crippen LogP contribution in [0, 0.1) is 0 Å². The van der Waals surface area contributed by atoms with E-state index < -0.39 is 0 Å². The molecule has 18 heavy (non-hydrogen) atoms. The summed E-state index contributed by atoms with van der Waals surface area (Å²) in [6.45, 7) is 2.88. The Bertz CT molecular complexity index is 613. The van der Waals surface area contributed by atoms with Crippen molar-refractivity contribution in [2.45, 2.75) is 25.4 Å². The number of likely N-dealkylation sites (N-methyl/N-ethyl adjacent to an activating group) is 1. The number of fused-ring (bicyclic) bond motifs is 1. The lowest BCUT2D eigenvalue weighted by molar-refractivity contribution is 0.151. The van der Waals surface area contributed by atoms with Crippen molar-refractivity contribution in [1.29, 1.82) is 0 Å². The maximum Gasteiger partial charge on any atom is 0.268 e. The summed E-state index contributed by atoms with van der Waals surface area (Å²) >= 11 is 0. The molecule has 1 aromatic carbocycles. The molecule has 0 aliphatic carbocycles. The Hall–Kier alpha value is -1.81. The fourth-order valence-corrected chi connectivity index (χ4v) is 2.81. The number of aromatic nitrogens is 2. The zero-order valence-corrected chi connectivity index (χ0v) is 10.7. The molecule has 0 spiro atoms. The second-order valence-corrected chi connectivity index (χ2v) is 5.22. The summed E-state index contributed by atoms with van der Waals surface area (Å²) in [6.07, 6.45) is 0.894. The van der Waals surface area contributed by atoms with E-state index in [1.54, 1.807) is 0 Å². The van der Waals surface area contributed by atoms with Crippen LogP contribution < -0.4 is 5.56 Å². The largest absolute Gasteiger partial charge is 0.300 e. The van der Waals surface area contributed by atoms with E-state index in [1.165, 1.54) is 5.56 Å². The predicted octanol–water partition coefficient (Wildman–Crippen LogP) is 1.61. The van der Waals surface area contributed by atoms with Crippen molar-refractivity contribution >= 4 is 0 Å². The molecule has 1 aliphatic heterocycles. The molecule has 1 unspecified atom stereocenters. The number of hydrogen-bond donors (Lipinski definition) is 2. The van der Waals surface area contributed by atoms with Gasteiger partial charge in [0.2, 0.25) is 0 Å². The molecule has 0 saturated heterocycles. The van der Waals surface area contributed by atoms with Gasteiger partial charge in [0.15, 0.2) is 0 Å². The molecule has 3 rings (SSSR count). The molecule has 2 aromatic rings. The quantitative estimate of drug-likeness (QED) is 0.842. The highest BCUT2D eigenvalue weighted by Crippen LogP contribution is 2.37. The summed E-state index contributed by atoms with van der Waals surface area (Å²) in [5.74, 6) is 0. The van der Waals surface area contributed by atoms with Crippen LogP contribution in [0.25, 0.3) is 0 Å². The van der Waals surface area contributed by atoms with Crippen LogP contribution >= 0.6 is 0 Å². The summed E-state index contributed by atoms with van der Waals surface area (Å²) in [6, 6.07) is 10.4. The van der Waals surface area contributed by atoms with Gasteiger partial charge < -0.3 is 5.10 Å². The summed E-state index contributed by atoms with van der Waals surface area (Å²) < 4.78 is 0. The molecule has 4 nitrogen and oxygen atoms in total. The van der Waals surface area contributed by atoms with Gasteiger partial charge in [0.1, 0.15) is 0 Å². The molecule has 0 radical (unpaired) electrons. The zero-order valence-electron chi connectivity index (χ0n) is 10.7. The first-order chi connectivity index (χ1) is 8.61. The van der Waals surface area contributed by atoms with Crippen LogP contribution in [0.2, 0.25) is 0 Å². The number of rotatable bonds is 2. The van der Waals surface area contributed by atoms with E-state index in [0.717, 1.165) is 17.7 Å². The molecule has 1 aliphatic rings. The first-order valence-corrected chi connectivity index (χ1v) is 6.16. The Labute approximate surface area is 106 Å².